The van der Waals surface area contributed by atoms with Crippen molar-refractivity contribution in [2.45, 2.75) is 39.8 Å². The number of nitriles is 1. The quantitative estimate of drug-likeness (QED) is 0.642. The van der Waals surface area contributed by atoms with Crippen molar-refractivity contribution in [2.24, 2.45) is 5.92 Å². The summed E-state index contributed by atoms with van der Waals surface area (Å²) in [4.78, 5) is 24.9. The molecule has 6 heteroatoms. The summed E-state index contributed by atoms with van der Waals surface area (Å²) in [6.07, 6.45) is 0. The van der Waals surface area contributed by atoms with Crippen LogP contribution in [0.25, 0.3) is 0 Å². The number of hydrogen-bond donors (Lipinski definition) is 3. The van der Waals surface area contributed by atoms with E-state index in [0.717, 1.165) is 11.1 Å². The van der Waals surface area contributed by atoms with E-state index in [1.807, 2.05) is 45.0 Å². The SMILES string of the molecule is Cc1ccc(CNC(=O)c2ccccc2NCC(=O)NC(C)(C#N)C(C)C)cc1. The average molecular weight is 393 g/mol. The van der Waals surface area contributed by atoms with E-state index in [1.165, 1.54) is 0 Å². The average Bonchev–Trinajstić information content (AvgIpc) is 2.71. The molecule has 152 valence electrons. The Balaban J connectivity index is 1.99. The molecule has 0 fully saturated rings. The van der Waals surface area contributed by atoms with Crippen molar-refractivity contribution in [3.8, 4) is 6.07 Å². The molecular weight excluding hydrogens is 364 g/mol. The predicted octanol–water partition coefficient (Wildman–Crippen LogP) is 3.39. The van der Waals surface area contributed by atoms with Gasteiger partial charge in [-0.05, 0) is 37.5 Å². The minimum atomic E-state index is -0.941. The van der Waals surface area contributed by atoms with Gasteiger partial charge in [0.2, 0.25) is 5.91 Å². The van der Waals surface area contributed by atoms with Crippen LogP contribution in [0.1, 0.15) is 42.3 Å². The molecular formula is C23H28N4O2. The smallest absolute Gasteiger partial charge is 0.253 e. The van der Waals surface area contributed by atoms with E-state index in [4.69, 9.17) is 0 Å². The summed E-state index contributed by atoms with van der Waals surface area (Å²) in [5, 5.41) is 18.0. The Labute approximate surface area is 172 Å². The number of carbonyl (C=O) groups is 2. The molecule has 0 aliphatic heterocycles. The van der Waals surface area contributed by atoms with Crippen LogP contribution in [0.15, 0.2) is 48.5 Å². The fraction of sp³-hybridized carbons (Fsp3) is 0.348. The highest BCUT2D eigenvalue weighted by Gasteiger charge is 2.29. The number of hydrogen-bond acceptors (Lipinski definition) is 4. The molecule has 0 aliphatic carbocycles. The Morgan fingerprint density at radius 3 is 2.38 bits per heavy atom. The standard InChI is InChI=1S/C23H28N4O2/c1-16(2)23(4,15-24)27-21(28)14-25-20-8-6-5-7-19(20)22(29)26-13-18-11-9-17(3)10-12-18/h5-12,16,25H,13-14H2,1-4H3,(H,26,29)(H,27,28). The molecule has 3 N–H and O–H groups in total. The third kappa shape index (κ3) is 6.08. The lowest BCUT2D eigenvalue weighted by atomic mass is 9.90. The van der Waals surface area contributed by atoms with Crippen LogP contribution in [0.4, 0.5) is 5.69 Å². The van der Waals surface area contributed by atoms with E-state index in [1.54, 1.807) is 31.2 Å². The number of anilines is 1. The molecule has 0 heterocycles. The summed E-state index contributed by atoms with van der Waals surface area (Å²) in [7, 11) is 0. The maximum atomic E-state index is 12.6. The highest BCUT2D eigenvalue weighted by Crippen LogP contribution is 2.17. The van der Waals surface area contributed by atoms with Gasteiger partial charge in [-0.25, -0.2) is 0 Å². The maximum absolute atomic E-state index is 12.6. The van der Waals surface area contributed by atoms with Crippen molar-refractivity contribution in [2.75, 3.05) is 11.9 Å². The topological polar surface area (TPSA) is 94.0 Å². The highest BCUT2D eigenvalue weighted by molar-refractivity contribution is 6.00. The van der Waals surface area contributed by atoms with Crippen molar-refractivity contribution in [1.29, 1.82) is 5.26 Å². The van der Waals surface area contributed by atoms with Gasteiger partial charge < -0.3 is 16.0 Å². The molecule has 2 amide bonds. The van der Waals surface area contributed by atoms with Crippen molar-refractivity contribution in [3.63, 3.8) is 0 Å². The first kappa shape index (κ1) is 22.0. The van der Waals surface area contributed by atoms with Gasteiger partial charge in [-0.15, -0.1) is 0 Å². The monoisotopic (exact) mass is 392 g/mol. The van der Waals surface area contributed by atoms with E-state index in [-0.39, 0.29) is 24.3 Å². The molecule has 2 aromatic rings. The normalized spacial score (nSPS) is 12.6. The lowest BCUT2D eigenvalue weighted by molar-refractivity contribution is -0.121. The number of para-hydroxylation sites is 1. The second-order valence-corrected chi connectivity index (χ2v) is 7.58. The van der Waals surface area contributed by atoms with Gasteiger partial charge in [-0.2, -0.15) is 5.26 Å². The van der Waals surface area contributed by atoms with Gasteiger partial charge in [-0.1, -0.05) is 55.8 Å². The number of carbonyl (C=O) groups excluding carboxylic acids is 2. The van der Waals surface area contributed by atoms with Gasteiger partial charge in [0.05, 0.1) is 18.2 Å². The molecule has 0 radical (unpaired) electrons. The number of aryl methyl sites for hydroxylation is 1. The summed E-state index contributed by atoms with van der Waals surface area (Å²) >= 11 is 0. The van der Waals surface area contributed by atoms with Crippen LogP contribution >= 0.6 is 0 Å². The van der Waals surface area contributed by atoms with Crippen LogP contribution < -0.4 is 16.0 Å². The summed E-state index contributed by atoms with van der Waals surface area (Å²) in [5.74, 6) is -0.563. The molecule has 0 bridgehead atoms. The second kappa shape index (κ2) is 9.74. The number of amides is 2. The van der Waals surface area contributed by atoms with E-state index in [0.29, 0.717) is 17.8 Å². The van der Waals surface area contributed by atoms with Crippen molar-refractivity contribution >= 4 is 17.5 Å². The fourth-order valence-electron chi connectivity index (χ4n) is 2.63. The van der Waals surface area contributed by atoms with Crippen LogP contribution in [0.3, 0.4) is 0 Å². The molecule has 0 aliphatic rings. The van der Waals surface area contributed by atoms with E-state index in [9.17, 15) is 14.9 Å². The minimum absolute atomic E-state index is 0.0312. The largest absolute Gasteiger partial charge is 0.376 e. The van der Waals surface area contributed by atoms with Crippen LogP contribution in [0.5, 0.6) is 0 Å². The Hall–Kier alpha value is -3.33. The third-order valence-electron chi connectivity index (χ3n) is 4.97. The number of nitrogens with one attached hydrogen (secondary N) is 3. The van der Waals surface area contributed by atoms with Crippen LogP contribution in [-0.4, -0.2) is 23.9 Å². The van der Waals surface area contributed by atoms with Gasteiger partial charge in [0.25, 0.3) is 5.91 Å². The van der Waals surface area contributed by atoms with Crippen LogP contribution in [-0.2, 0) is 11.3 Å². The molecule has 2 rings (SSSR count). The second-order valence-electron chi connectivity index (χ2n) is 7.58. The third-order valence-corrected chi connectivity index (χ3v) is 4.97. The molecule has 1 unspecified atom stereocenters. The molecule has 29 heavy (non-hydrogen) atoms. The molecule has 1 atom stereocenters. The van der Waals surface area contributed by atoms with Crippen molar-refractivity contribution < 1.29 is 9.59 Å². The molecule has 0 aromatic heterocycles. The molecule has 0 saturated heterocycles. The fourth-order valence-corrected chi connectivity index (χ4v) is 2.63. The van der Waals surface area contributed by atoms with Gasteiger partial charge in [0.1, 0.15) is 5.54 Å². The highest BCUT2D eigenvalue weighted by atomic mass is 16.2. The van der Waals surface area contributed by atoms with Gasteiger partial charge in [-0.3, -0.25) is 9.59 Å². The first-order valence-corrected chi connectivity index (χ1v) is 9.64. The Kier molecular flexibility index (Phi) is 7.38. The predicted molar refractivity (Wildman–Crippen MR) is 114 cm³/mol. The number of nitrogens with zero attached hydrogens (tertiary/aromatic N) is 1. The van der Waals surface area contributed by atoms with Crippen LogP contribution in [0, 0.1) is 24.2 Å². The lowest BCUT2D eigenvalue weighted by Gasteiger charge is -2.27. The van der Waals surface area contributed by atoms with E-state index >= 15 is 0 Å². The maximum Gasteiger partial charge on any atom is 0.253 e. The van der Waals surface area contributed by atoms with Gasteiger partial charge in [0, 0.05) is 12.2 Å². The minimum Gasteiger partial charge on any atom is -0.376 e. The zero-order valence-electron chi connectivity index (χ0n) is 17.4. The first-order valence-electron chi connectivity index (χ1n) is 9.64. The lowest BCUT2D eigenvalue weighted by Crippen LogP contribution is -2.50. The summed E-state index contributed by atoms with van der Waals surface area (Å²) in [6.45, 7) is 7.85. The molecule has 6 nitrogen and oxygen atoms in total. The Bertz CT molecular complexity index is 900. The van der Waals surface area contributed by atoms with Crippen LogP contribution in [0.2, 0.25) is 0 Å². The van der Waals surface area contributed by atoms with Gasteiger partial charge >= 0.3 is 0 Å². The first-order chi connectivity index (χ1) is 13.7. The zero-order valence-corrected chi connectivity index (χ0v) is 17.4. The summed E-state index contributed by atoms with van der Waals surface area (Å²) < 4.78 is 0. The summed E-state index contributed by atoms with van der Waals surface area (Å²) in [5.41, 5.74) is 2.26. The van der Waals surface area contributed by atoms with E-state index < -0.39 is 5.54 Å². The van der Waals surface area contributed by atoms with Crippen molar-refractivity contribution in [1.82, 2.24) is 10.6 Å². The zero-order chi connectivity index (χ0) is 21.4. The number of benzene rings is 2. The summed E-state index contributed by atoms with van der Waals surface area (Å²) in [6, 6.07) is 17.1. The van der Waals surface area contributed by atoms with Gasteiger partial charge in [0.15, 0.2) is 0 Å². The molecule has 2 aromatic carbocycles. The van der Waals surface area contributed by atoms with Crippen molar-refractivity contribution in [3.05, 3.63) is 65.2 Å². The molecule has 0 saturated carbocycles. The molecule has 0 spiro atoms. The van der Waals surface area contributed by atoms with E-state index in [2.05, 4.69) is 22.0 Å². The Morgan fingerprint density at radius 2 is 1.76 bits per heavy atom. The Morgan fingerprint density at radius 1 is 1.10 bits per heavy atom. The number of rotatable bonds is 8.